The second-order valence-electron chi connectivity index (χ2n) is 4.30. The van der Waals surface area contributed by atoms with Gasteiger partial charge in [-0.25, -0.2) is 0 Å². The van der Waals surface area contributed by atoms with Crippen LogP contribution in [0.3, 0.4) is 0 Å². The lowest BCUT2D eigenvalue weighted by molar-refractivity contribution is -0.0673. The van der Waals surface area contributed by atoms with Crippen LogP contribution in [-0.4, -0.2) is 75.2 Å². The second kappa shape index (κ2) is 12.7. The fourth-order valence-electron chi connectivity index (χ4n) is 1.57. The molecular weight excluding hydrogens is 252 g/mol. The molecule has 116 valence electrons. The van der Waals surface area contributed by atoms with Crippen LogP contribution in [0.4, 0.5) is 0 Å². The Hall–Kier alpha value is -0.280. The summed E-state index contributed by atoms with van der Waals surface area (Å²) in [6.07, 6.45) is 0.945. The molecule has 0 atom stereocenters. The van der Waals surface area contributed by atoms with Crippen LogP contribution >= 0.6 is 0 Å². The second-order valence-corrected chi connectivity index (χ2v) is 4.30. The Balaban J connectivity index is 3.44. The summed E-state index contributed by atoms with van der Waals surface area (Å²) < 4.78 is 15.6. The zero-order chi connectivity index (χ0) is 14.4. The molecule has 0 aliphatic carbocycles. The molecule has 0 aliphatic heterocycles. The molecule has 0 aliphatic rings. The van der Waals surface area contributed by atoms with Gasteiger partial charge in [-0.2, -0.15) is 0 Å². The van der Waals surface area contributed by atoms with Crippen LogP contribution in [0.1, 0.15) is 12.8 Å². The van der Waals surface area contributed by atoms with E-state index in [9.17, 15) is 5.11 Å². The van der Waals surface area contributed by atoms with Gasteiger partial charge in [-0.15, -0.1) is 0 Å². The van der Waals surface area contributed by atoms with Crippen LogP contribution in [-0.2, 0) is 14.2 Å². The van der Waals surface area contributed by atoms with Crippen LogP contribution < -0.4 is 11.5 Å². The lowest BCUT2D eigenvalue weighted by Gasteiger charge is -2.26. The first-order valence-corrected chi connectivity index (χ1v) is 6.65. The number of nitrogens with two attached hydrogens (primary N) is 2. The van der Waals surface area contributed by atoms with Crippen molar-refractivity contribution in [1.29, 1.82) is 0 Å². The van der Waals surface area contributed by atoms with E-state index in [-0.39, 0.29) is 13.2 Å². The minimum atomic E-state index is -0.937. The third kappa shape index (κ3) is 11.3. The molecule has 0 saturated carbocycles. The monoisotopic (exact) mass is 280 g/mol. The Kier molecular flexibility index (Phi) is 12.6. The van der Waals surface area contributed by atoms with Crippen molar-refractivity contribution in [1.82, 2.24) is 0 Å². The summed E-state index contributed by atoms with van der Waals surface area (Å²) >= 11 is 0. The normalized spacial score (nSPS) is 12.0. The van der Waals surface area contributed by atoms with Gasteiger partial charge in [-0.05, 0) is 25.9 Å². The molecule has 0 bridgehead atoms. The molecule has 0 aromatic rings. The summed E-state index contributed by atoms with van der Waals surface area (Å²) in [6.45, 7) is 3.10. The quantitative estimate of drug-likeness (QED) is 0.284. The average molecular weight is 280 g/mol. The lowest BCUT2D eigenvalue weighted by atomic mass is 9.97. The van der Waals surface area contributed by atoms with Crippen LogP contribution in [0.5, 0.6) is 0 Å². The number of aliphatic hydroxyl groups excluding tert-OH is 1. The van der Waals surface area contributed by atoms with Crippen molar-refractivity contribution in [2.24, 2.45) is 11.5 Å². The van der Waals surface area contributed by atoms with Gasteiger partial charge < -0.3 is 35.9 Å². The summed E-state index contributed by atoms with van der Waals surface area (Å²) in [6, 6.07) is 0. The molecule has 7 nitrogen and oxygen atoms in total. The molecule has 0 rings (SSSR count). The minimum absolute atomic E-state index is 0.0178. The Morgan fingerprint density at radius 2 is 1.26 bits per heavy atom. The Morgan fingerprint density at radius 3 is 1.74 bits per heavy atom. The molecule has 0 saturated heterocycles. The van der Waals surface area contributed by atoms with Crippen molar-refractivity contribution in [3.8, 4) is 0 Å². The highest BCUT2D eigenvalue weighted by Crippen LogP contribution is 2.14. The molecule has 6 N–H and O–H groups in total. The molecule has 0 fully saturated rings. The van der Waals surface area contributed by atoms with Crippen molar-refractivity contribution in [2.45, 2.75) is 18.4 Å². The molecule has 0 aromatic carbocycles. The fourth-order valence-corrected chi connectivity index (χ4v) is 1.57. The lowest BCUT2D eigenvalue weighted by Crippen LogP contribution is -2.39. The van der Waals surface area contributed by atoms with E-state index in [1.807, 2.05) is 0 Å². The maximum atomic E-state index is 10.1. The molecule has 0 heterocycles. The average Bonchev–Trinajstić information content (AvgIpc) is 2.37. The molecule has 0 amide bonds. The van der Waals surface area contributed by atoms with Gasteiger partial charge >= 0.3 is 0 Å². The highest BCUT2D eigenvalue weighted by Gasteiger charge is 2.25. The summed E-state index contributed by atoms with van der Waals surface area (Å²) in [5.41, 5.74) is 9.95. The maximum Gasteiger partial charge on any atom is 0.0904 e. The molecule has 0 unspecified atom stereocenters. The van der Waals surface area contributed by atoms with Gasteiger partial charge in [0, 0.05) is 0 Å². The summed E-state index contributed by atoms with van der Waals surface area (Å²) in [7, 11) is 0. The van der Waals surface area contributed by atoms with E-state index in [0.29, 0.717) is 59.0 Å². The predicted octanol–water partition coefficient (Wildman–Crippen LogP) is -1.54. The summed E-state index contributed by atoms with van der Waals surface area (Å²) in [5.74, 6) is 0. The molecule has 7 heteroatoms. The van der Waals surface area contributed by atoms with Gasteiger partial charge in [0.15, 0.2) is 0 Å². The van der Waals surface area contributed by atoms with Gasteiger partial charge in [0.1, 0.15) is 0 Å². The highest BCUT2D eigenvalue weighted by atomic mass is 16.5. The third-order valence-corrected chi connectivity index (χ3v) is 2.57. The largest absolute Gasteiger partial charge is 0.394 e. The van der Waals surface area contributed by atoms with Crippen molar-refractivity contribution in [3.05, 3.63) is 0 Å². The van der Waals surface area contributed by atoms with E-state index in [4.69, 9.17) is 30.8 Å². The standard InChI is InChI=1S/C12H28N2O5/c13-3-1-12(16,2-4-14)11-19-10-9-18-8-7-17-6-5-15/h15-16H,1-11,13-14H2. The van der Waals surface area contributed by atoms with Gasteiger partial charge in [-0.3, -0.25) is 0 Å². The Morgan fingerprint density at radius 1 is 0.789 bits per heavy atom. The van der Waals surface area contributed by atoms with E-state index in [2.05, 4.69) is 0 Å². The van der Waals surface area contributed by atoms with E-state index in [1.165, 1.54) is 0 Å². The van der Waals surface area contributed by atoms with E-state index >= 15 is 0 Å². The highest BCUT2D eigenvalue weighted by molar-refractivity contribution is 4.78. The number of aliphatic hydroxyl groups is 2. The number of ether oxygens (including phenoxy) is 3. The van der Waals surface area contributed by atoms with E-state index in [0.717, 1.165) is 0 Å². The molecular formula is C12H28N2O5. The first kappa shape index (κ1) is 18.7. The Bertz CT molecular complexity index is 189. The number of hydrogen-bond donors (Lipinski definition) is 4. The van der Waals surface area contributed by atoms with Crippen molar-refractivity contribution >= 4 is 0 Å². The van der Waals surface area contributed by atoms with Crippen LogP contribution in [0.25, 0.3) is 0 Å². The fraction of sp³-hybridized carbons (Fsp3) is 1.00. The third-order valence-electron chi connectivity index (χ3n) is 2.57. The minimum Gasteiger partial charge on any atom is -0.394 e. The van der Waals surface area contributed by atoms with Crippen molar-refractivity contribution < 1.29 is 24.4 Å². The molecule has 0 radical (unpaired) electrons. The smallest absolute Gasteiger partial charge is 0.0904 e. The van der Waals surface area contributed by atoms with Gasteiger partial charge in [-0.1, -0.05) is 0 Å². The zero-order valence-corrected chi connectivity index (χ0v) is 11.6. The first-order chi connectivity index (χ1) is 9.18. The van der Waals surface area contributed by atoms with E-state index < -0.39 is 5.60 Å². The zero-order valence-electron chi connectivity index (χ0n) is 11.6. The van der Waals surface area contributed by atoms with Crippen LogP contribution in [0, 0.1) is 0 Å². The molecule has 0 aromatic heterocycles. The predicted molar refractivity (Wildman–Crippen MR) is 71.8 cm³/mol. The van der Waals surface area contributed by atoms with Crippen molar-refractivity contribution in [3.63, 3.8) is 0 Å². The maximum absolute atomic E-state index is 10.1. The van der Waals surface area contributed by atoms with Crippen LogP contribution in [0.15, 0.2) is 0 Å². The Labute approximate surface area is 114 Å². The first-order valence-electron chi connectivity index (χ1n) is 6.65. The van der Waals surface area contributed by atoms with Gasteiger partial charge in [0.25, 0.3) is 0 Å². The number of hydrogen-bond acceptors (Lipinski definition) is 7. The molecule has 0 spiro atoms. The topological polar surface area (TPSA) is 120 Å². The number of rotatable bonds is 14. The summed E-state index contributed by atoms with van der Waals surface area (Å²) in [4.78, 5) is 0. The van der Waals surface area contributed by atoms with E-state index in [1.54, 1.807) is 0 Å². The van der Waals surface area contributed by atoms with Gasteiger partial charge in [0.2, 0.25) is 0 Å². The SMILES string of the molecule is NCCC(O)(CCN)COCCOCCOCCO. The van der Waals surface area contributed by atoms with Crippen LogP contribution in [0.2, 0.25) is 0 Å². The van der Waals surface area contributed by atoms with Crippen molar-refractivity contribution in [2.75, 3.05) is 59.3 Å². The summed E-state index contributed by atoms with van der Waals surface area (Å²) in [5, 5.41) is 18.6. The molecule has 19 heavy (non-hydrogen) atoms. The van der Waals surface area contributed by atoms with Gasteiger partial charge in [0.05, 0.1) is 51.8 Å².